The third-order valence-corrected chi connectivity index (χ3v) is 4.75. The number of hydrogen-bond donors (Lipinski definition) is 3. The number of aliphatic hydroxyl groups is 1. The van der Waals surface area contributed by atoms with Crippen molar-refractivity contribution in [2.75, 3.05) is 13.1 Å². The van der Waals surface area contributed by atoms with Gasteiger partial charge < -0.3 is 20.2 Å². The van der Waals surface area contributed by atoms with E-state index in [2.05, 4.69) is 31.6 Å². The zero-order valence-electron chi connectivity index (χ0n) is 15.5. The predicted octanol–water partition coefficient (Wildman–Crippen LogP) is 4.05. The second kappa shape index (κ2) is 10.7. The molecule has 6 heteroatoms. The van der Waals surface area contributed by atoms with Crippen LogP contribution in [-0.4, -0.2) is 24.2 Å². The number of nitrogens with one attached hydrogen (secondary N) is 2. The van der Waals surface area contributed by atoms with Crippen molar-refractivity contribution in [1.29, 1.82) is 0 Å². The number of rotatable bonds is 8. The second-order valence-corrected chi connectivity index (χ2v) is 7.27. The summed E-state index contributed by atoms with van der Waals surface area (Å²) in [6.07, 6.45) is 1.82. The van der Waals surface area contributed by atoms with Gasteiger partial charge in [0.1, 0.15) is 5.76 Å². The van der Waals surface area contributed by atoms with Gasteiger partial charge in [0.2, 0.25) is 0 Å². The van der Waals surface area contributed by atoms with Gasteiger partial charge in [0, 0.05) is 24.0 Å². The van der Waals surface area contributed by atoms with Gasteiger partial charge in [-0.3, -0.25) is 0 Å². The van der Waals surface area contributed by atoms with Crippen LogP contribution in [0.15, 0.2) is 86.9 Å². The van der Waals surface area contributed by atoms with E-state index in [9.17, 15) is 5.11 Å². The summed E-state index contributed by atoms with van der Waals surface area (Å²) in [5, 5.41) is 16.9. The molecule has 1 aromatic heterocycles. The standard InChI is InChI=1S/C22H24BrN3O2/c23-19-10-8-17(9-11-19)15-25-22(24-13-12-20-7-4-14-28-20)26-16-21(27)18-5-2-1-3-6-18/h1-11,14,21,27H,12-13,15-16H2,(H2,24,25,26). The van der Waals surface area contributed by atoms with Crippen LogP contribution in [0.4, 0.5) is 0 Å². The number of furan rings is 1. The zero-order chi connectivity index (χ0) is 19.6. The minimum absolute atomic E-state index is 0.372. The Kier molecular flexibility index (Phi) is 7.70. The molecule has 0 saturated heterocycles. The second-order valence-electron chi connectivity index (χ2n) is 6.35. The Labute approximate surface area is 173 Å². The van der Waals surface area contributed by atoms with Crippen LogP contribution in [0.3, 0.4) is 0 Å². The highest BCUT2D eigenvalue weighted by molar-refractivity contribution is 9.10. The molecule has 3 aromatic rings. The summed E-state index contributed by atoms with van der Waals surface area (Å²) in [6, 6.07) is 21.5. The third kappa shape index (κ3) is 6.55. The van der Waals surface area contributed by atoms with Crippen LogP contribution >= 0.6 is 15.9 Å². The van der Waals surface area contributed by atoms with Gasteiger partial charge in [0.15, 0.2) is 5.96 Å². The maximum absolute atomic E-state index is 10.4. The number of hydrogen-bond acceptors (Lipinski definition) is 3. The van der Waals surface area contributed by atoms with E-state index in [0.29, 0.717) is 25.6 Å². The van der Waals surface area contributed by atoms with Crippen molar-refractivity contribution in [1.82, 2.24) is 10.6 Å². The van der Waals surface area contributed by atoms with E-state index in [1.807, 2.05) is 66.7 Å². The number of nitrogens with zero attached hydrogens (tertiary/aromatic N) is 1. The van der Waals surface area contributed by atoms with E-state index in [-0.39, 0.29) is 0 Å². The van der Waals surface area contributed by atoms with Gasteiger partial charge in [0.05, 0.1) is 18.9 Å². The van der Waals surface area contributed by atoms with E-state index in [0.717, 1.165) is 27.8 Å². The average Bonchev–Trinajstić information content (AvgIpc) is 3.25. The Bertz CT molecular complexity index is 849. The van der Waals surface area contributed by atoms with Crippen molar-refractivity contribution in [3.63, 3.8) is 0 Å². The SMILES string of the molecule is OC(CNC(=NCc1ccc(Br)cc1)NCCc1ccco1)c1ccccc1. The van der Waals surface area contributed by atoms with Crippen molar-refractivity contribution in [2.45, 2.75) is 19.1 Å². The molecule has 1 unspecified atom stereocenters. The molecule has 5 nitrogen and oxygen atoms in total. The van der Waals surface area contributed by atoms with Gasteiger partial charge in [-0.1, -0.05) is 58.4 Å². The molecule has 0 aliphatic heterocycles. The van der Waals surface area contributed by atoms with E-state index in [1.165, 1.54) is 0 Å². The first-order chi connectivity index (χ1) is 13.7. The predicted molar refractivity (Wildman–Crippen MR) is 115 cm³/mol. The van der Waals surface area contributed by atoms with E-state index in [4.69, 9.17) is 4.42 Å². The molecule has 3 N–H and O–H groups in total. The largest absolute Gasteiger partial charge is 0.469 e. The van der Waals surface area contributed by atoms with Crippen LogP contribution in [0, 0.1) is 0 Å². The molecule has 0 bridgehead atoms. The number of guanidine groups is 1. The summed E-state index contributed by atoms with van der Waals surface area (Å²) in [5.74, 6) is 1.58. The average molecular weight is 442 g/mol. The first-order valence-electron chi connectivity index (χ1n) is 9.23. The van der Waals surface area contributed by atoms with Gasteiger partial charge in [-0.25, -0.2) is 4.99 Å². The van der Waals surface area contributed by atoms with E-state index in [1.54, 1.807) is 6.26 Å². The molecule has 0 fully saturated rings. The number of benzene rings is 2. The maximum atomic E-state index is 10.4. The smallest absolute Gasteiger partial charge is 0.191 e. The first-order valence-corrected chi connectivity index (χ1v) is 10.0. The van der Waals surface area contributed by atoms with Crippen LogP contribution in [0.5, 0.6) is 0 Å². The lowest BCUT2D eigenvalue weighted by Crippen LogP contribution is -2.40. The van der Waals surface area contributed by atoms with Crippen molar-refractivity contribution < 1.29 is 9.52 Å². The van der Waals surface area contributed by atoms with Crippen molar-refractivity contribution >= 4 is 21.9 Å². The highest BCUT2D eigenvalue weighted by Gasteiger charge is 2.08. The molecule has 1 atom stereocenters. The van der Waals surface area contributed by atoms with Gasteiger partial charge in [-0.05, 0) is 35.4 Å². The lowest BCUT2D eigenvalue weighted by Gasteiger charge is -2.16. The van der Waals surface area contributed by atoms with Crippen LogP contribution < -0.4 is 10.6 Å². The summed E-state index contributed by atoms with van der Waals surface area (Å²) in [5.41, 5.74) is 1.98. The Morgan fingerprint density at radius 2 is 1.79 bits per heavy atom. The van der Waals surface area contributed by atoms with Gasteiger partial charge in [-0.2, -0.15) is 0 Å². The molecule has 28 heavy (non-hydrogen) atoms. The Hall–Kier alpha value is -2.57. The summed E-state index contributed by atoms with van der Waals surface area (Å²) >= 11 is 3.44. The van der Waals surface area contributed by atoms with E-state index < -0.39 is 6.10 Å². The first kappa shape index (κ1) is 20.2. The minimum Gasteiger partial charge on any atom is -0.469 e. The lowest BCUT2D eigenvalue weighted by atomic mass is 10.1. The van der Waals surface area contributed by atoms with Crippen LogP contribution in [-0.2, 0) is 13.0 Å². The van der Waals surface area contributed by atoms with Gasteiger partial charge in [0.25, 0.3) is 0 Å². The zero-order valence-corrected chi connectivity index (χ0v) is 17.1. The summed E-state index contributed by atoms with van der Waals surface area (Å²) in [7, 11) is 0. The fourth-order valence-corrected chi connectivity index (χ4v) is 2.94. The van der Waals surface area contributed by atoms with E-state index >= 15 is 0 Å². The highest BCUT2D eigenvalue weighted by atomic mass is 79.9. The van der Waals surface area contributed by atoms with Gasteiger partial charge >= 0.3 is 0 Å². The number of aliphatic imine (C=N–C) groups is 1. The molecule has 0 radical (unpaired) electrons. The molecule has 1 heterocycles. The maximum Gasteiger partial charge on any atom is 0.191 e. The third-order valence-electron chi connectivity index (χ3n) is 4.22. The summed E-state index contributed by atoms with van der Waals surface area (Å²) in [6.45, 7) is 1.60. The number of halogens is 1. The molecular weight excluding hydrogens is 418 g/mol. The monoisotopic (exact) mass is 441 g/mol. The summed E-state index contributed by atoms with van der Waals surface area (Å²) in [4.78, 5) is 4.65. The Balaban J connectivity index is 1.59. The van der Waals surface area contributed by atoms with Crippen LogP contribution in [0.2, 0.25) is 0 Å². The fourth-order valence-electron chi connectivity index (χ4n) is 2.68. The Morgan fingerprint density at radius 1 is 1.00 bits per heavy atom. The molecule has 0 aliphatic rings. The molecule has 0 aliphatic carbocycles. The highest BCUT2D eigenvalue weighted by Crippen LogP contribution is 2.12. The molecule has 0 spiro atoms. The summed E-state index contributed by atoms with van der Waals surface area (Å²) < 4.78 is 6.41. The topological polar surface area (TPSA) is 69.8 Å². The molecule has 0 saturated carbocycles. The van der Waals surface area contributed by atoms with Crippen molar-refractivity contribution in [3.8, 4) is 0 Å². The van der Waals surface area contributed by atoms with Crippen LogP contribution in [0.25, 0.3) is 0 Å². The van der Waals surface area contributed by atoms with Crippen LogP contribution in [0.1, 0.15) is 23.0 Å². The lowest BCUT2D eigenvalue weighted by molar-refractivity contribution is 0.181. The van der Waals surface area contributed by atoms with Crippen molar-refractivity contribution in [3.05, 3.63) is 94.4 Å². The number of aliphatic hydroxyl groups excluding tert-OH is 1. The molecule has 2 aromatic carbocycles. The van der Waals surface area contributed by atoms with Gasteiger partial charge in [-0.15, -0.1) is 0 Å². The minimum atomic E-state index is -0.606. The molecule has 146 valence electrons. The normalized spacial score (nSPS) is 12.6. The van der Waals surface area contributed by atoms with Crippen molar-refractivity contribution in [2.24, 2.45) is 4.99 Å². The molecule has 0 amide bonds. The Morgan fingerprint density at radius 3 is 2.50 bits per heavy atom. The fraction of sp³-hybridized carbons (Fsp3) is 0.227. The molecule has 3 rings (SSSR count). The molecular formula is C22H24BrN3O2. The quantitative estimate of drug-likeness (QED) is 0.364.